The number of aromatic carboxylic acids is 2. The minimum atomic E-state index is -1.25. The lowest BCUT2D eigenvalue weighted by Gasteiger charge is -2.13. The number of benzene rings is 2. The SMILES string of the molecule is COC(=O)Nc1ccc(C(=O)O)cc1CNC(=O)c1ccccc1C(=O)O. The Bertz CT molecular complexity index is 908. The van der Waals surface area contributed by atoms with Crippen molar-refractivity contribution in [2.24, 2.45) is 0 Å². The minimum absolute atomic E-state index is 0.0399. The van der Waals surface area contributed by atoms with Gasteiger partial charge < -0.3 is 20.3 Å². The maximum atomic E-state index is 12.3. The molecule has 0 bridgehead atoms. The van der Waals surface area contributed by atoms with E-state index in [2.05, 4.69) is 15.4 Å². The first-order valence-corrected chi connectivity index (χ1v) is 7.65. The minimum Gasteiger partial charge on any atom is -0.478 e. The summed E-state index contributed by atoms with van der Waals surface area (Å²) in [6.07, 6.45) is -0.762. The largest absolute Gasteiger partial charge is 0.478 e. The Hall–Kier alpha value is -3.88. The van der Waals surface area contributed by atoms with Gasteiger partial charge in [0, 0.05) is 12.2 Å². The molecule has 0 saturated carbocycles. The molecule has 2 aromatic rings. The Balaban J connectivity index is 2.26. The zero-order valence-electron chi connectivity index (χ0n) is 14.2. The second kappa shape index (κ2) is 8.48. The van der Waals surface area contributed by atoms with E-state index in [0.29, 0.717) is 5.56 Å². The number of carboxylic acids is 2. The van der Waals surface area contributed by atoms with Crippen LogP contribution in [0.2, 0.25) is 0 Å². The van der Waals surface area contributed by atoms with Crippen molar-refractivity contribution in [2.75, 3.05) is 12.4 Å². The fraction of sp³-hybridized carbons (Fsp3) is 0.111. The molecule has 0 aromatic heterocycles. The van der Waals surface area contributed by atoms with Crippen LogP contribution < -0.4 is 10.6 Å². The summed E-state index contributed by atoms with van der Waals surface area (Å²) in [6, 6.07) is 9.63. The number of methoxy groups -OCH3 is 1. The highest BCUT2D eigenvalue weighted by atomic mass is 16.5. The molecular formula is C18H16N2O7. The van der Waals surface area contributed by atoms with Gasteiger partial charge in [-0.2, -0.15) is 0 Å². The van der Waals surface area contributed by atoms with E-state index < -0.39 is 23.9 Å². The second-order valence-electron chi connectivity index (χ2n) is 5.33. The van der Waals surface area contributed by atoms with Crippen LogP contribution >= 0.6 is 0 Å². The first-order chi connectivity index (χ1) is 12.8. The number of amides is 2. The van der Waals surface area contributed by atoms with Gasteiger partial charge in [0.1, 0.15) is 0 Å². The van der Waals surface area contributed by atoms with E-state index >= 15 is 0 Å². The van der Waals surface area contributed by atoms with Gasteiger partial charge in [-0.05, 0) is 35.9 Å². The second-order valence-corrected chi connectivity index (χ2v) is 5.33. The van der Waals surface area contributed by atoms with Crippen LogP contribution in [-0.4, -0.2) is 41.3 Å². The molecule has 27 heavy (non-hydrogen) atoms. The number of hydrogen-bond acceptors (Lipinski definition) is 5. The summed E-state index contributed by atoms with van der Waals surface area (Å²) in [5.41, 5.74) is 0.310. The van der Waals surface area contributed by atoms with Crippen molar-refractivity contribution in [3.8, 4) is 0 Å². The van der Waals surface area contributed by atoms with Gasteiger partial charge in [0.25, 0.3) is 5.91 Å². The smallest absolute Gasteiger partial charge is 0.411 e. The average molecular weight is 372 g/mol. The number of carbonyl (C=O) groups excluding carboxylic acids is 2. The summed E-state index contributed by atoms with van der Waals surface area (Å²) in [5.74, 6) is -3.08. The molecule has 2 rings (SSSR count). The molecule has 0 radical (unpaired) electrons. The van der Waals surface area contributed by atoms with Gasteiger partial charge in [0.15, 0.2) is 0 Å². The molecule has 0 aliphatic rings. The van der Waals surface area contributed by atoms with Gasteiger partial charge in [0.2, 0.25) is 0 Å². The van der Waals surface area contributed by atoms with Crippen molar-refractivity contribution >= 4 is 29.6 Å². The monoisotopic (exact) mass is 372 g/mol. The highest BCUT2D eigenvalue weighted by Crippen LogP contribution is 2.19. The first-order valence-electron chi connectivity index (χ1n) is 7.65. The number of rotatable bonds is 6. The zero-order chi connectivity index (χ0) is 20.0. The van der Waals surface area contributed by atoms with Gasteiger partial charge in [-0.15, -0.1) is 0 Å². The van der Waals surface area contributed by atoms with E-state index in [1.165, 1.54) is 49.6 Å². The Morgan fingerprint density at radius 1 is 0.963 bits per heavy atom. The fourth-order valence-electron chi connectivity index (χ4n) is 2.29. The van der Waals surface area contributed by atoms with Crippen LogP contribution in [0.1, 0.15) is 36.6 Å². The molecule has 2 amide bonds. The van der Waals surface area contributed by atoms with E-state index in [1.807, 2.05) is 0 Å². The standard InChI is InChI=1S/C18H16N2O7/c1-27-18(26)20-14-7-6-10(16(22)23)8-11(14)9-19-15(21)12-4-2-3-5-13(12)17(24)25/h2-8H,9H2,1H3,(H,19,21)(H,20,26)(H,22,23)(H,24,25). The number of carboxylic acid groups (broad SMARTS) is 2. The molecule has 9 heteroatoms. The van der Waals surface area contributed by atoms with Crippen LogP contribution in [0.5, 0.6) is 0 Å². The van der Waals surface area contributed by atoms with Crippen LogP contribution in [0.4, 0.5) is 10.5 Å². The lowest BCUT2D eigenvalue weighted by Crippen LogP contribution is -2.26. The van der Waals surface area contributed by atoms with Crippen molar-refractivity contribution in [3.63, 3.8) is 0 Å². The Kier molecular flexibility index (Phi) is 6.10. The molecule has 9 nitrogen and oxygen atoms in total. The summed E-state index contributed by atoms with van der Waals surface area (Å²) >= 11 is 0. The molecular weight excluding hydrogens is 356 g/mol. The maximum absolute atomic E-state index is 12.3. The highest BCUT2D eigenvalue weighted by molar-refractivity contribution is 6.04. The molecule has 0 aliphatic carbocycles. The Morgan fingerprint density at radius 3 is 2.22 bits per heavy atom. The summed E-state index contributed by atoms with van der Waals surface area (Å²) in [7, 11) is 1.17. The first kappa shape index (κ1) is 19.4. The average Bonchev–Trinajstić information content (AvgIpc) is 2.66. The zero-order valence-corrected chi connectivity index (χ0v) is 14.2. The number of carbonyl (C=O) groups is 4. The van der Waals surface area contributed by atoms with Crippen LogP contribution in [0, 0.1) is 0 Å². The fourth-order valence-corrected chi connectivity index (χ4v) is 2.29. The van der Waals surface area contributed by atoms with E-state index in [9.17, 15) is 19.2 Å². The molecule has 0 spiro atoms. The van der Waals surface area contributed by atoms with Crippen molar-refractivity contribution in [1.82, 2.24) is 5.32 Å². The summed E-state index contributed by atoms with van der Waals surface area (Å²) in [5, 5.41) is 23.2. The van der Waals surface area contributed by atoms with Gasteiger partial charge in [-0.25, -0.2) is 14.4 Å². The van der Waals surface area contributed by atoms with Crippen LogP contribution in [-0.2, 0) is 11.3 Å². The third-order valence-electron chi connectivity index (χ3n) is 3.62. The van der Waals surface area contributed by atoms with E-state index in [4.69, 9.17) is 10.2 Å². The van der Waals surface area contributed by atoms with Crippen LogP contribution in [0.25, 0.3) is 0 Å². The number of ether oxygens (including phenoxy) is 1. The molecule has 0 fully saturated rings. The van der Waals surface area contributed by atoms with Gasteiger partial charge in [-0.1, -0.05) is 12.1 Å². The summed E-state index contributed by atoms with van der Waals surface area (Å²) < 4.78 is 4.50. The van der Waals surface area contributed by atoms with Crippen molar-refractivity contribution in [2.45, 2.75) is 6.54 Å². The third kappa shape index (κ3) is 4.82. The summed E-state index contributed by atoms with van der Waals surface area (Å²) in [4.78, 5) is 46.2. The summed E-state index contributed by atoms with van der Waals surface area (Å²) in [6.45, 7) is -0.146. The molecule has 0 heterocycles. The molecule has 140 valence electrons. The predicted octanol–water partition coefficient (Wildman–Crippen LogP) is 2.19. The van der Waals surface area contributed by atoms with E-state index in [0.717, 1.165) is 0 Å². The van der Waals surface area contributed by atoms with Crippen LogP contribution in [0.15, 0.2) is 42.5 Å². The number of hydrogen-bond donors (Lipinski definition) is 4. The number of anilines is 1. The predicted molar refractivity (Wildman–Crippen MR) is 94.0 cm³/mol. The highest BCUT2D eigenvalue weighted by Gasteiger charge is 2.17. The normalized spacial score (nSPS) is 9.96. The van der Waals surface area contributed by atoms with Crippen molar-refractivity contribution in [1.29, 1.82) is 0 Å². The Labute approximate surface area is 153 Å². The quantitative estimate of drug-likeness (QED) is 0.609. The van der Waals surface area contributed by atoms with Crippen LogP contribution in [0.3, 0.4) is 0 Å². The van der Waals surface area contributed by atoms with Crippen molar-refractivity contribution < 1.29 is 34.1 Å². The third-order valence-corrected chi connectivity index (χ3v) is 3.62. The van der Waals surface area contributed by atoms with E-state index in [-0.39, 0.29) is 28.9 Å². The number of nitrogens with one attached hydrogen (secondary N) is 2. The van der Waals surface area contributed by atoms with Crippen molar-refractivity contribution in [3.05, 3.63) is 64.7 Å². The molecule has 0 saturated heterocycles. The lowest BCUT2D eigenvalue weighted by molar-refractivity contribution is 0.0683. The van der Waals surface area contributed by atoms with Gasteiger partial charge in [0.05, 0.1) is 23.8 Å². The van der Waals surface area contributed by atoms with E-state index in [1.54, 1.807) is 0 Å². The maximum Gasteiger partial charge on any atom is 0.411 e. The molecule has 0 atom stereocenters. The van der Waals surface area contributed by atoms with Gasteiger partial charge in [-0.3, -0.25) is 10.1 Å². The Morgan fingerprint density at radius 2 is 1.63 bits per heavy atom. The molecule has 2 aromatic carbocycles. The molecule has 4 N–H and O–H groups in total. The topological polar surface area (TPSA) is 142 Å². The lowest BCUT2D eigenvalue weighted by atomic mass is 10.1. The van der Waals surface area contributed by atoms with Gasteiger partial charge >= 0.3 is 18.0 Å². The molecule has 0 aliphatic heterocycles. The molecule has 0 unspecified atom stereocenters.